The third-order valence-corrected chi connectivity index (χ3v) is 4.36. The van der Waals surface area contributed by atoms with E-state index >= 15 is 0 Å². The number of benzene rings is 2. The van der Waals surface area contributed by atoms with Crippen molar-refractivity contribution in [1.29, 1.82) is 0 Å². The zero-order chi connectivity index (χ0) is 18.5. The highest BCUT2D eigenvalue weighted by molar-refractivity contribution is 6.04. The van der Waals surface area contributed by atoms with E-state index in [0.29, 0.717) is 23.0 Å². The molecule has 2 aromatic carbocycles. The number of amides is 1. The van der Waals surface area contributed by atoms with Crippen molar-refractivity contribution >= 4 is 16.7 Å². The first-order valence-corrected chi connectivity index (χ1v) is 8.94. The molecule has 3 aromatic rings. The Balaban J connectivity index is 2.05. The maximum atomic E-state index is 12.8. The minimum absolute atomic E-state index is 0.0579. The molecule has 1 amide bonds. The fraction of sp³-hybridized carbons (Fsp3) is 0.286. The molecule has 0 saturated heterocycles. The number of nitrogens with zero attached hydrogens (tertiary/aromatic N) is 2. The molecule has 1 aromatic heterocycles. The highest BCUT2D eigenvalue weighted by Crippen LogP contribution is 2.14. The summed E-state index contributed by atoms with van der Waals surface area (Å²) in [7, 11) is 0. The van der Waals surface area contributed by atoms with Crippen LogP contribution in [-0.2, 0) is 6.54 Å². The summed E-state index contributed by atoms with van der Waals surface area (Å²) in [6.07, 6.45) is 1.89. The lowest BCUT2D eigenvalue weighted by Crippen LogP contribution is -2.35. The SMILES string of the molecule is CCC[C@H](C)NC(=O)c1nn(Cc2ccccc2)c(=O)c2ccccc12. The van der Waals surface area contributed by atoms with Gasteiger partial charge in [-0.05, 0) is 25.0 Å². The van der Waals surface area contributed by atoms with Crippen LogP contribution in [-0.4, -0.2) is 21.7 Å². The molecule has 26 heavy (non-hydrogen) atoms. The number of fused-ring (bicyclic) bond motifs is 1. The summed E-state index contributed by atoms with van der Waals surface area (Å²) in [5.74, 6) is -0.246. The summed E-state index contributed by atoms with van der Waals surface area (Å²) in [5.41, 5.74) is 1.06. The molecular formula is C21H23N3O2. The summed E-state index contributed by atoms with van der Waals surface area (Å²) in [6, 6.07) is 16.8. The molecule has 0 radical (unpaired) electrons. The molecule has 0 aliphatic carbocycles. The zero-order valence-electron chi connectivity index (χ0n) is 15.1. The van der Waals surface area contributed by atoms with Gasteiger partial charge in [0.1, 0.15) is 0 Å². The predicted molar refractivity (Wildman–Crippen MR) is 103 cm³/mol. The molecule has 134 valence electrons. The Morgan fingerprint density at radius 3 is 2.42 bits per heavy atom. The standard InChI is InChI=1S/C21H23N3O2/c1-3-9-15(2)22-20(25)19-17-12-7-8-13-18(17)21(26)24(23-19)14-16-10-5-4-6-11-16/h4-8,10-13,15H,3,9,14H2,1-2H3,(H,22,25)/t15-/m0/s1. The van der Waals surface area contributed by atoms with Crippen LogP contribution in [0.4, 0.5) is 0 Å². The number of hydrogen-bond acceptors (Lipinski definition) is 3. The Morgan fingerprint density at radius 2 is 1.73 bits per heavy atom. The van der Waals surface area contributed by atoms with Gasteiger partial charge in [-0.15, -0.1) is 0 Å². The minimum Gasteiger partial charge on any atom is -0.348 e. The van der Waals surface area contributed by atoms with Gasteiger partial charge in [-0.25, -0.2) is 4.68 Å². The van der Waals surface area contributed by atoms with Crippen molar-refractivity contribution in [2.24, 2.45) is 0 Å². The number of hydrogen-bond donors (Lipinski definition) is 1. The molecule has 0 unspecified atom stereocenters. The van der Waals surface area contributed by atoms with Crippen molar-refractivity contribution in [2.45, 2.75) is 39.3 Å². The van der Waals surface area contributed by atoms with Gasteiger partial charge < -0.3 is 5.32 Å². The van der Waals surface area contributed by atoms with Crippen molar-refractivity contribution in [3.63, 3.8) is 0 Å². The van der Waals surface area contributed by atoms with E-state index < -0.39 is 0 Å². The molecular weight excluding hydrogens is 326 g/mol. The smallest absolute Gasteiger partial charge is 0.274 e. The Morgan fingerprint density at radius 1 is 1.08 bits per heavy atom. The van der Waals surface area contributed by atoms with E-state index in [2.05, 4.69) is 17.3 Å². The van der Waals surface area contributed by atoms with Gasteiger partial charge in [-0.2, -0.15) is 5.10 Å². The molecule has 5 nitrogen and oxygen atoms in total. The van der Waals surface area contributed by atoms with Crippen LogP contribution in [0, 0.1) is 0 Å². The van der Waals surface area contributed by atoms with E-state index in [-0.39, 0.29) is 17.5 Å². The molecule has 0 saturated carbocycles. The molecule has 1 atom stereocenters. The fourth-order valence-corrected chi connectivity index (χ4v) is 3.06. The largest absolute Gasteiger partial charge is 0.348 e. The lowest BCUT2D eigenvalue weighted by Gasteiger charge is -2.15. The van der Waals surface area contributed by atoms with E-state index in [1.165, 1.54) is 4.68 Å². The lowest BCUT2D eigenvalue weighted by molar-refractivity contribution is 0.0933. The van der Waals surface area contributed by atoms with Gasteiger partial charge in [0.05, 0.1) is 11.9 Å². The molecule has 1 N–H and O–H groups in total. The summed E-state index contributed by atoms with van der Waals surface area (Å²) in [6.45, 7) is 4.38. The second kappa shape index (κ2) is 7.95. The number of rotatable bonds is 6. The molecule has 1 heterocycles. The van der Waals surface area contributed by atoms with Gasteiger partial charge in [0.15, 0.2) is 5.69 Å². The molecule has 0 spiro atoms. The Labute approximate surface area is 152 Å². The minimum atomic E-state index is -0.246. The Hall–Kier alpha value is -2.95. The summed E-state index contributed by atoms with van der Waals surface area (Å²) in [5, 5.41) is 8.48. The van der Waals surface area contributed by atoms with Crippen LogP contribution in [0.5, 0.6) is 0 Å². The van der Waals surface area contributed by atoms with Crippen LogP contribution in [0.2, 0.25) is 0 Å². The van der Waals surface area contributed by atoms with Crippen molar-refractivity contribution in [1.82, 2.24) is 15.1 Å². The third kappa shape index (κ3) is 3.82. The highest BCUT2D eigenvalue weighted by atomic mass is 16.2. The van der Waals surface area contributed by atoms with Crippen molar-refractivity contribution < 1.29 is 4.79 Å². The molecule has 0 aliphatic heterocycles. The molecule has 0 aliphatic rings. The molecule has 0 fully saturated rings. The van der Waals surface area contributed by atoms with Crippen LogP contribution >= 0.6 is 0 Å². The van der Waals surface area contributed by atoms with Crippen molar-refractivity contribution in [3.05, 3.63) is 76.2 Å². The van der Waals surface area contributed by atoms with E-state index in [0.717, 1.165) is 18.4 Å². The van der Waals surface area contributed by atoms with Gasteiger partial charge in [0.25, 0.3) is 11.5 Å². The average molecular weight is 349 g/mol. The third-order valence-electron chi connectivity index (χ3n) is 4.36. The first-order chi connectivity index (χ1) is 12.6. The molecule has 3 rings (SSSR count). The maximum absolute atomic E-state index is 12.8. The Kier molecular flexibility index (Phi) is 5.46. The number of carbonyl (C=O) groups excluding carboxylic acids is 1. The number of carbonyl (C=O) groups is 1. The summed E-state index contributed by atoms with van der Waals surface area (Å²) >= 11 is 0. The summed E-state index contributed by atoms with van der Waals surface area (Å²) < 4.78 is 1.37. The Bertz CT molecular complexity index is 964. The first-order valence-electron chi connectivity index (χ1n) is 8.94. The zero-order valence-corrected chi connectivity index (χ0v) is 15.1. The average Bonchev–Trinajstić information content (AvgIpc) is 2.65. The normalized spacial score (nSPS) is 12.1. The van der Waals surface area contributed by atoms with E-state index in [9.17, 15) is 9.59 Å². The second-order valence-electron chi connectivity index (χ2n) is 6.51. The molecule has 0 bridgehead atoms. The van der Waals surface area contributed by atoms with Crippen molar-refractivity contribution in [2.75, 3.05) is 0 Å². The quantitative estimate of drug-likeness (QED) is 0.742. The summed E-state index contributed by atoms with van der Waals surface area (Å²) in [4.78, 5) is 25.6. The number of aromatic nitrogens is 2. The van der Waals surface area contributed by atoms with E-state index in [1.807, 2.05) is 43.3 Å². The second-order valence-corrected chi connectivity index (χ2v) is 6.51. The monoisotopic (exact) mass is 349 g/mol. The van der Waals surface area contributed by atoms with E-state index in [4.69, 9.17) is 0 Å². The van der Waals surface area contributed by atoms with Crippen LogP contribution < -0.4 is 10.9 Å². The van der Waals surface area contributed by atoms with Gasteiger partial charge >= 0.3 is 0 Å². The maximum Gasteiger partial charge on any atom is 0.274 e. The predicted octanol–water partition coefficient (Wildman–Crippen LogP) is 3.36. The van der Waals surface area contributed by atoms with Gasteiger partial charge in [0.2, 0.25) is 0 Å². The van der Waals surface area contributed by atoms with Crippen LogP contribution in [0.15, 0.2) is 59.4 Å². The van der Waals surface area contributed by atoms with Crippen LogP contribution in [0.25, 0.3) is 10.8 Å². The first kappa shape index (κ1) is 17.9. The van der Waals surface area contributed by atoms with Crippen molar-refractivity contribution in [3.8, 4) is 0 Å². The molecule has 5 heteroatoms. The highest BCUT2D eigenvalue weighted by Gasteiger charge is 2.18. The van der Waals surface area contributed by atoms with Crippen LogP contribution in [0.1, 0.15) is 42.7 Å². The van der Waals surface area contributed by atoms with Gasteiger partial charge in [-0.3, -0.25) is 9.59 Å². The number of nitrogens with one attached hydrogen (secondary N) is 1. The van der Waals surface area contributed by atoms with Gasteiger partial charge in [0, 0.05) is 11.4 Å². The van der Waals surface area contributed by atoms with E-state index in [1.54, 1.807) is 18.2 Å². The topological polar surface area (TPSA) is 64.0 Å². The van der Waals surface area contributed by atoms with Crippen LogP contribution in [0.3, 0.4) is 0 Å². The van der Waals surface area contributed by atoms with Gasteiger partial charge in [-0.1, -0.05) is 61.9 Å². The fourth-order valence-electron chi connectivity index (χ4n) is 3.06. The lowest BCUT2D eigenvalue weighted by atomic mass is 10.1.